The van der Waals surface area contributed by atoms with Gasteiger partial charge < -0.3 is 10.1 Å². The summed E-state index contributed by atoms with van der Waals surface area (Å²) in [6.45, 7) is 1.16. The Morgan fingerprint density at radius 1 is 1.44 bits per heavy atom. The van der Waals surface area contributed by atoms with Gasteiger partial charge in [0.2, 0.25) is 0 Å². The van der Waals surface area contributed by atoms with Crippen LogP contribution < -0.4 is 10.1 Å². The van der Waals surface area contributed by atoms with Crippen molar-refractivity contribution in [1.29, 1.82) is 0 Å². The van der Waals surface area contributed by atoms with E-state index in [1.165, 1.54) is 19.1 Å². The van der Waals surface area contributed by atoms with Crippen molar-refractivity contribution in [1.82, 2.24) is 5.32 Å². The molecule has 1 aromatic carbocycles. The number of amides is 1. The molecule has 0 atom stereocenters. The molecular weight excluding hydrogens is 237 g/mol. The largest absolute Gasteiger partial charge is 0.483 e. The van der Waals surface area contributed by atoms with Gasteiger partial charge in [0.1, 0.15) is 11.6 Å². The van der Waals surface area contributed by atoms with Crippen LogP contribution in [0.2, 0.25) is 0 Å². The Morgan fingerprint density at radius 3 is 2.78 bits per heavy atom. The second-order valence-corrected chi connectivity index (χ2v) is 4.33. The third-order valence-corrected chi connectivity index (χ3v) is 2.62. The number of Topliss-reactive ketones (excluding diaryl/α,β-unsaturated/α-hetero) is 1. The van der Waals surface area contributed by atoms with Gasteiger partial charge in [-0.25, -0.2) is 4.39 Å². The van der Waals surface area contributed by atoms with Crippen LogP contribution in [0.15, 0.2) is 18.2 Å². The van der Waals surface area contributed by atoms with Crippen LogP contribution in [0.5, 0.6) is 5.75 Å². The lowest BCUT2D eigenvalue weighted by molar-refractivity contribution is -0.123. The van der Waals surface area contributed by atoms with E-state index >= 15 is 0 Å². The molecule has 0 radical (unpaired) electrons. The number of ketones is 1. The summed E-state index contributed by atoms with van der Waals surface area (Å²) < 4.78 is 18.2. The fourth-order valence-corrected chi connectivity index (χ4v) is 1.54. The monoisotopic (exact) mass is 251 g/mol. The summed E-state index contributed by atoms with van der Waals surface area (Å²) in [4.78, 5) is 22.7. The predicted molar refractivity (Wildman–Crippen MR) is 63.1 cm³/mol. The molecule has 0 aromatic heterocycles. The van der Waals surface area contributed by atoms with Crippen molar-refractivity contribution in [3.05, 3.63) is 29.6 Å². The molecule has 1 aliphatic carbocycles. The Bertz CT molecular complexity index is 483. The zero-order chi connectivity index (χ0) is 13.1. The summed E-state index contributed by atoms with van der Waals surface area (Å²) >= 11 is 0. The zero-order valence-electron chi connectivity index (χ0n) is 10.0. The number of hydrogen-bond donors (Lipinski definition) is 1. The fourth-order valence-electron chi connectivity index (χ4n) is 1.54. The molecule has 1 aliphatic rings. The highest BCUT2D eigenvalue weighted by atomic mass is 19.1. The number of carbonyl (C=O) groups excluding carboxylic acids is 2. The van der Waals surface area contributed by atoms with E-state index < -0.39 is 5.82 Å². The Kier molecular flexibility index (Phi) is 3.60. The minimum Gasteiger partial charge on any atom is -0.483 e. The van der Waals surface area contributed by atoms with Gasteiger partial charge in [0.15, 0.2) is 12.4 Å². The van der Waals surface area contributed by atoms with Crippen LogP contribution in [0.4, 0.5) is 4.39 Å². The molecule has 1 N–H and O–H groups in total. The number of halogens is 1. The molecular formula is C13H14FNO3. The molecule has 0 bridgehead atoms. The minimum absolute atomic E-state index is 0.147. The second-order valence-electron chi connectivity index (χ2n) is 4.33. The third kappa shape index (κ3) is 3.29. The quantitative estimate of drug-likeness (QED) is 0.810. The molecule has 96 valence electrons. The van der Waals surface area contributed by atoms with E-state index in [-0.39, 0.29) is 35.7 Å². The summed E-state index contributed by atoms with van der Waals surface area (Å²) in [5, 5.41) is 2.76. The van der Waals surface area contributed by atoms with Gasteiger partial charge in [-0.2, -0.15) is 0 Å². The van der Waals surface area contributed by atoms with Gasteiger partial charge in [-0.15, -0.1) is 0 Å². The first-order valence-corrected chi connectivity index (χ1v) is 5.79. The van der Waals surface area contributed by atoms with Crippen molar-refractivity contribution in [3.8, 4) is 5.75 Å². The first-order valence-electron chi connectivity index (χ1n) is 5.79. The van der Waals surface area contributed by atoms with Gasteiger partial charge >= 0.3 is 0 Å². The van der Waals surface area contributed by atoms with Gasteiger partial charge in [-0.3, -0.25) is 9.59 Å². The Hall–Kier alpha value is -1.91. The SMILES string of the molecule is CC(=O)c1cc(F)ccc1OCC(=O)NC1CC1. The Morgan fingerprint density at radius 2 is 2.17 bits per heavy atom. The maximum absolute atomic E-state index is 13.0. The number of hydrogen-bond acceptors (Lipinski definition) is 3. The molecule has 0 heterocycles. The molecule has 4 nitrogen and oxygen atoms in total. The predicted octanol–water partition coefficient (Wildman–Crippen LogP) is 1.69. The molecule has 1 fully saturated rings. The standard InChI is InChI=1S/C13H14FNO3/c1-8(16)11-6-9(14)2-5-12(11)18-7-13(17)15-10-3-4-10/h2,5-6,10H,3-4,7H2,1H3,(H,15,17). The van der Waals surface area contributed by atoms with Gasteiger partial charge in [0.05, 0.1) is 5.56 Å². The maximum Gasteiger partial charge on any atom is 0.258 e. The molecule has 0 spiro atoms. The molecule has 0 aliphatic heterocycles. The highest BCUT2D eigenvalue weighted by molar-refractivity contribution is 5.96. The number of carbonyl (C=O) groups is 2. The van der Waals surface area contributed by atoms with Gasteiger partial charge in [-0.1, -0.05) is 0 Å². The first-order chi connectivity index (χ1) is 8.56. The van der Waals surface area contributed by atoms with E-state index in [9.17, 15) is 14.0 Å². The lowest BCUT2D eigenvalue weighted by atomic mass is 10.1. The molecule has 18 heavy (non-hydrogen) atoms. The average Bonchev–Trinajstić information content (AvgIpc) is 3.11. The van der Waals surface area contributed by atoms with Crippen LogP contribution in [0, 0.1) is 5.82 Å². The normalized spacial score (nSPS) is 14.1. The van der Waals surface area contributed by atoms with E-state index in [4.69, 9.17) is 4.74 Å². The molecule has 1 amide bonds. The van der Waals surface area contributed by atoms with Crippen molar-refractivity contribution < 1.29 is 18.7 Å². The number of benzene rings is 1. The number of rotatable bonds is 5. The van der Waals surface area contributed by atoms with Crippen molar-refractivity contribution in [2.45, 2.75) is 25.8 Å². The van der Waals surface area contributed by atoms with Crippen LogP contribution >= 0.6 is 0 Å². The Labute approximate surface area is 104 Å². The first kappa shape index (κ1) is 12.5. The summed E-state index contributed by atoms with van der Waals surface area (Å²) in [5.74, 6) is -0.798. The van der Waals surface area contributed by atoms with Crippen molar-refractivity contribution in [2.75, 3.05) is 6.61 Å². The number of nitrogens with one attached hydrogen (secondary N) is 1. The van der Waals surface area contributed by atoms with Crippen LogP contribution in [0.3, 0.4) is 0 Å². The molecule has 2 rings (SSSR count). The summed E-state index contributed by atoms with van der Waals surface area (Å²) in [6, 6.07) is 3.93. The second kappa shape index (κ2) is 5.16. The van der Waals surface area contributed by atoms with Crippen molar-refractivity contribution in [3.63, 3.8) is 0 Å². The van der Waals surface area contributed by atoms with Crippen LogP contribution in [0.1, 0.15) is 30.1 Å². The Balaban J connectivity index is 1.99. The highest BCUT2D eigenvalue weighted by Crippen LogP contribution is 2.21. The highest BCUT2D eigenvalue weighted by Gasteiger charge is 2.23. The topological polar surface area (TPSA) is 55.4 Å². The van der Waals surface area contributed by atoms with E-state index in [1.54, 1.807) is 0 Å². The average molecular weight is 251 g/mol. The van der Waals surface area contributed by atoms with Crippen LogP contribution in [-0.4, -0.2) is 24.3 Å². The van der Waals surface area contributed by atoms with Gasteiger partial charge in [0.25, 0.3) is 5.91 Å². The maximum atomic E-state index is 13.0. The lowest BCUT2D eigenvalue weighted by Crippen LogP contribution is -2.30. The molecule has 5 heteroatoms. The molecule has 1 saturated carbocycles. The molecule has 0 unspecified atom stereocenters. The smallest absolute Gasteiger partial charge is 0.258 e. The summed E-state index contributed by atoms with van der Waals surface area (Å²) in [5.41, 5.74) is 0.147. The third-order valence-electron chi connectivity index (χ3n) is 2.62. The number of ether oxygens (including phenoxy) is 1. The summed E-state index contributed by atoms with van der Waals surface area (Å²) in [7, 11) is 0. The van der Waals surface area contributed by atoms with E-state index in [0.717, 1.165) is 18.9 Å². The van der Waals surface area contributed by atoms with Crippen molar-refractivity contribution >= 4 is 11.7 Å². The fraction of sp³-hybridized carbons (Fsp3) is 0.385. The van der Waals surface area contributed by atoms with Gasteiger partial charge in [-0.05, 0) is 38.0 Å². The zero-order valence-corrected chi connectivity index (χ0v) is 10.0. The molecule has 0 saturated heterocycles. The van der Waals surface area contributed by atoms with Gasteiger partial charge in [0, 0.05) is 6.04 Å². The summed E-state index contributed by atoms with van der Waals surface area (Å²) in [6.07, 6.45) is 2.00. The molecule has 1 aromatic rings. The lowest BCUT2D eigenvalue weighted by Gasteiger charge is -2.09. The van der Waals surface area contributed by atoms with E-state index in [0.29, 0.717) is 0 Å². The minimum atomic E-state index is -0.505. The van der Waals surface area contributed by atoms with E-state index in [1.807, 2.05) is 0 Å². The van der Waals surface area contributed by atoms with Crippen LogP contribution in [-0.2, 0) is 4.79 Å². The van der Waals surface area contributed by atoms with E-state index in [2.05, 4.69) is 5.32 Å². The van der Waals surface area contributed by atoms with Crippen molar-refractivity contribution in [2.24, 2.45) is 0 Å². The van der Waals surface area contributed by atoms with Crippen LogP contribution in [0.25, 0.3) is 0 Å².